The van der Waals surface area contributed by atoms with E-state index in [4.69, 9.17) is 0 Å². The molecule has 2 heterocycles. The molecule has 0 fully saturated rings. The van der Waals surface area contributed by atoms with Crippen LogP contribution in [-0.4, -0.2) is 26.0 Å². The van der Waals surface area contributed by atoms with Gasteiger partial charge in [-0.3, -0.25) is 9.89 Å². The largest absolute Gasteiger partial charge is 0.324 e. The van der Waals surface area contributed by atoms with Crippen LogP contribution in [0.3, 0.4) is 0 Å². The van der Waals surface area contributed by atoms with Gasteiger partial charge in [-0.15, -0.1) is 0 Å². The number of fused-ring (bicyclic) bond motifs is 1. The summed E-state index contributed by atoms with van der Waals surface area (Å²) in [5.41, 5.74) is 2.83. The molecule has 1 atom stereocenters. The maximum atomic E-state index is 12.7. The summed E-state index contributed by atoms with van der Waals surface area (Å²) in [6.07, 6.45) is 0.781. The maximum Gasteiger partial charge on any atom is 0.255 e. The van der Waals surface area contributed by atoms with E-state index >= 15 is 0 Å². The summed E-state index contributed by atoms with van der Waals surface area (Å²) in [7, 11) is 0. The third kappa shape index (κ3) is 2.38. The Kier molecular flexibility index (Phi) is 3.61. The van der Waals surface area contributed by atoms with Gasteiger partial charge in [0.2, 0.25) is 0 Å². The van der Waals surface area contributed by atoms with E-state index in [-0.39, 0.29) is 11.9 Å². The topological polar surface area (TPSA) is 61.9 Å². The van der Waals surface area contributed by atoms with E-state index in [0.717, 1.165) is 28.9 Å². The molecule has 1 aromatic heterocycles. The van der Waals surface area contributed by atoms with Gasteiger partial charge < -0.3 is 4.90 Å². The molecule has 1 aliphatic rings. The molecule has 120 valence electrons. The molecule has 3 aromatic rings. The summed E-state index contributed by atoms with van der Waals surface area (Å²) in [5.74, 6) is 1.46. The molecule has 0 saturated carbocycles. The molecule has 1 aliphatic heterocycles. The van der Waals surface area contributed by atoms with Crippen LogP contribution < -0.4 is 0 Å². The first-order valence-electron chi connectivity index (χ1n) is 8.14. The fourth-order valence-electron chi connectivity index (χ4n) is 3.23. The molecule has 0 spiro atoms. The Hall–Kier alpha value is -2.95. The van der Waals surface area contributed by atoms with Gasteiger partial charge in [-0.1, -0.05) is 55.5 Å². The number of rotatable bonds is 4. The predicted octanol–water partition coefficient (Wildman–Crippen LogP) is 3.58. The monoisotopic (exact) mass is 318 g/mol. The van der Waals surface area contributed by atoms with Gasteiger partial charge in [-0.2, -0.15) is 5.10 Å². The second-order valence-corrected chi connectivity index (χ2v) is 5.92. The van der Waals surface area contributed by atoms with Crippen LogP contribution in [0, 0.1) is 0 Å². The molecular weight excluding hydrogens is 300 g/mol. The molecule has 0 bridgehead atoms. The lowest BCUT2D eigenvalue weighted by atomic mass is 10.1. The molecular formula is C19H18N4O. The highest BCUT2D eigenvalue weighted by molar-refractivity contribution is 5.98. The van der Waals surface area contributed by atoms with Crippen LogP contribution >= 0.6 is 0 Å². The number of aromatic amines is 1. The molecule has 1 N–H and O–H groups in total. The van der Waals surface area contributed by atoms with Gasteiger partial charge in [0.25, 0.3) is 5.91 Å². The van der Waals surface area contributed by atoms with E-state index in [1.807, 2.05) is 59.5 Å². The summed E-state index contributed by atoms with van der Waals surface area (Å²) in [6, 6.07) is 17.5. The number of benzene rings is 2. The van der Waals surface area contributed by atoms with Crippen LogP contribution in [0.5, 0.6) is 0 Å². The fourth-order valence-corrected chi connectivity index (χ4v) is 3.23. The average Bonchev–Trinajstić information content (AvgIpc) is 3.23. The van der Waals surface area contributed by atoms with Crippen LogP contribution in [0.1, 0.15) is 41.1 Å². The second kappa shape index (κ2) is 5.92. The highest BCUT2D eigenvalue weighted by Gasteiger charge is 2.33. The SMILES string of the molecule is CC[C@@H](c1nc(-c2ccccc2)n[nH]1)N1Cc2ccccc2C1=O. The Morgan fingerprint density at radius 2 is 1.88 bits per heavy atom. The molecule has 0 saturated heterocycles. The predicted molar refractivity (Wildman–Crippen MR) is 91.2 cm³/mol. The molecule has 5 heteroatoms. The normalized spacial score (nSPS) is 14.7. The van der Waals surface area contributed by atoms with Crippen molar-refractivity contribution in [3.63, 3.8) is 0 Å². The zero-order chi connectivity index (χ0) is 16.5. The number of carbonyl (C=O) groups is 1. The highest BCUT2D eigenvalue weighted by Crippen LogP contribution is 2.32. The first-order valence-corrected chi connectivity index (χ1v) is 8.14. The molecule has 0 aliphatic carbocycles. The van der Waals surface area contributed by atoms with Crippen molar-refractivity contribution in [1.29, 1.82) is 0 Å². The second-order valence-electron chi connectivity index (χ2n) is 5.92. The number of carbonyl (C=O) groups excluding carboxylic acids is 1. The summed E-state index contributed by atoms with van der Waals surface area (Å²) >= 11 is 0. The minimum absolute atomic E-state index is 0.0649. The molecule has 24 heavy (non-hydrogen) atoms. The fraction of sp³-hybridized carbons (Fsp3) is 0.211. The first-order chi connectivity index (χ1) is 11.8. The number of aromatic nitrogens is 3. The van der Waals surface area contributed by atoms with Crippen molar-refractivity contribution in [2.75, 3.05) is 0 Å². The van der Waals surface area contributed by atoms with Crippen molar-refractivity contribution >= 4 is 5.91 Å². The van der Waals surface area contributed by atoms with Crippen LogP contribution in [0.4, 0.5) is 0 Å². The number of amides is 1. The van der Waals surface area contributed by atoms with Gasteiger partial charge in [0.1, 0.15) is 5.82 Å². The van der Waals surface area contributed by atoms with Gasteiger partial charge in [0.15, 0.2) is 5.82 Å². The van der Waals surface area contributed by atoms with Gasteiger partial charge >= 0.3 is 0 Å². The van der Waals surface area contributed by atoms with Crippen molar-refractivity contribution in [2.45, 2.75) is 25.9 Å². The molecule has 1 amide bonds. The van der Waals surface area contributed by atoms with Gasteiger partial charge in [0, 0.05) is 17.7 Å². The van der Waals surface area contributed by atoms with Crippen LogP contribution in [0.2, 0.25) is 0 Å². The third-order valence-corrected chi connectivity index (χ3v) is 4.46. The minimum Gasteiger partial charge on any atom is -0.324 e. The number of nitrogens with zero attached hydrogens (tertiary/aromatic N) is 3. The lowest BCUT2D eigenvalue weighted by Gasteiger charge is -2.24. The molecule has 2 aromatic carbocycles. The van der Waals surface area contributed by atoms with Crippen molar-refractivity contribution < 1.29 is 4.79 Å². The van der Waals surface area contributed by atoms with E-state index in [9.17, 15) is 4.79 Å². The van der Waals surface area contributed by atoms with E-state index in [2.05, 4.69) is 22.1 Å². The highest BCUT2D eigenvalue weighted by atomic mass is 16.2. The number of hydrogen-bond donors (Lipinski definition) is 1. The zero-order valence-corrected chi connectivity index (χ0v) is 13.4. The third-order valence-electron chi connectivity index (χ3n) is 4.46. The van der Waals surface area contributed by atoms with E-state index in [0.29, 0.717) is 12.4 Å². The van der Waals surface area contributed by atoms with Gasteiger partial charge in [-0.25, -0.2) is 4.98 Å². The Bertz CT molecular complexity index is 872. The van der Waals surface area contributed by atoms with Gasteiger partial charge in [-0.05, 0) is 18.1 Å². The lowest BCUT2D eigenvalue weighted by molar-refractivity contribution is 0.0688. The number of nitrogens with one attached hydrogen (secondary N) is 1. The van der Waals surface area contributed by atoms with E-state index < -0.39 is 0 Å². The van der Waals surface area contributed by atoms with Gasteiger partial charge in [0.05, 0.1) is 6.04 Å². The first kappa shape index (κ1) is 14.6. The Balaban J connectivity index is 1.64. The Labute approximate surface area is 140 Å². The lowest BCUT2D eigenvalue weighted by Crippen LogP contribution is -2.29. The van der Waals surface area contributed by atoms with Crippen molar-refractivity contribution in [2.24, 2.45) is 0 Å². The number of H-pyrrole nitrogens is 1. The van der Waals surface area contributed by atoms with E-state index in [1.54, 1.807) is 0 Å². The summed E-state index contributed by atoms with van der Waals surface area (Å²) in [4.78, 5) is 19.2. The molecule has 0 radical (unpaired) electrons. The van der Waals surface area contributed by atoms with Crippen LogP contribution in [-0.2, 0) is 6.54 Å². The van der Waals surface area contributed by atoms with Crippen LogP contribution in [0.15, 0.2) is 54.6 Å². The van der Waals surface area contributed by atoms with Crippen molar-refractivity contribution in [3.8, 4) is 11.4 Å². The average molecular weight is 318 g/mol. The molecule has 4 rings (SSSR count). The number of hydrogen-bond acceptors (Lipinski definition) is 3. The molecule has 0 unspecified atom stereocenters. The minimum atomic E-state index is -0.102. The van der Waals surface area contributed by atoms with E-state index in [1.165, 1.54) is 0 Å². The quantitative estimate of drug-likeness (QED) is 0.800. The zero-order valence-electron chi connectivity index (χ0n) is 13.4. The summed E-state index contributed by atoms with van der Waals surface area (Å²) in [6.45, 7) is 2.68. The maximum absolute atomic E-state index is 12.7. The standard InChI is InChI=1S/C19H18N4O/c1-2-16(23-12-14-10-6-7-11-15(14)19(23)24)18-20-17(21-22-18)13-8-4-3-5-9-13/h3-11,16H,2,12H2,1H3,(H,20,21,22)/t16-/m0/s1. The van der Waals surface area contributed by atoms with Crippen molar-refractivity contribution in [3.05, 3.63) is 71.5 Å². The van der Waals surface area contributed by atoms with Crippen molar-refractivity contribution in [1.82, 2.24) is 20.1 Å². The summed E-state index contributed by atoms with van der Waals surface area (Å²) in [5, 5.41) is 7.35. The smallest absolute Gasteiger partial charge is 0.255 e. The molecule has 5 nitrogen and oxygen atoms in total. The van der Waals surface area contributed by atoms with Crippen LogP contribution in [0.25, 0.3) is 11.4 Å². The Morgan fingerprint density at radius 1 is 1.12 bits per heavy atom. The Morgan fingerprint density at radius 3 is 2.62 bits per heavy atom. The summed E-state index contributed by atoms with van der Waals surface area (Å²) < 4.78 is 0.